The highest BCUT2D eigenvalue weighted by atomic mass is 35.5. The second-order valence-electron chi connectivity index (χ2n) is 4.51. The molecule has 0 bridgehead atoms. The summed E-state index contributed by atoms with van der Waals surface area (Å²) in [6.07, 6.45) is -0.0683. The monoisotopic (exact) mass is 297 g/mol. The quantitative estimate of drug-likeness (QED) is 0.625. The number of alkyl halides is 1. The third-order valence-corrected chi connectivity index (χ3v) is 3.40. The zero-order valence-electron chi connectivity index (χ0n) is 11.1. The summed E-state index contributed by atoms with van der Waals surface area (Å²) < 4.78 is 0. The number of hydrogen-bond donors (Lipinski definition) is 0. The van der Waals surface area contributed by atoms with Crippen molar-refractivity contribution < 1.29 is 9.59 Å². The van der Waals surface area contributed by atoms with Crippen molar-refractivity contribution in [3.8, 4) is 6.07 Å². The van der Waals surface area contributed by atoms with Crippen molar-refractivity contribution in [1.82, 2.24) is 0 Å². The SMILES string of the molecule is N#Cc1ccc(C(=O)CC(Cl)C(=O)c2ccccc2)cc1. The summed E-state index contributed by atoms with van der Waals surface area (Å²) in [6, 6.07) is 16.9. The Balaban J connectivity index is 2.05. The molecule has 0 radical (unpaired) electrons. The number of Topliss-reactive ketones (excluding diaryl/α,β-unsaturated/α-hetero) is 2. The molecule has 0 aliphatic carbocycles. The molecule has 0 saturated carbocycles. The van der Waals surface area contributed by atoms with E-state index in [1.165, 1.54) is 0 Å². The lowest BCUT2D eigenvalue weighted by atomic mass is 10.0. The van der Waals surface area contributed by atoms with Gasteiger partial charge in [0.05, 0.1) is 11.6 Å². The number of nitrogens with zero attached hydrogens (tertiary/aromatic N) is 1. The molecule has 0 amide bonds. The Bertz CT molecular complexity index is 687. The molecule has 21 heavy (non-hydrogen) atoms. The van der Waals surface area contributed by atoms with Crippen molar-refractivity contribution in [3.05, 3.63) is 71.3 Å². The lowest BCUT2D eigenvalue weighted by molar-refractivity contribution is 0.0921. The minimum Gasteiger partial charge on any atom is -0.294 e. The molecule has 0 aliphatic rings. The van der Waals surface area contributed by atoms with Crippen LogP contribution in [-0.4, -0.2) is 16.9 Å². The minimum atomic E-state index is -0.893. The lowest BCUT2D eigenvalue weighted by Crippen LogP contribution is -2.19. The number of carbonyl (C=O) groups excluding carboxylic acids is 2. The molecule has 0 spiro atoms. The van der Waals surface area contributed by atoms with Crippen LogP contribution in [0.3, 0.4) is 0 Å². The third-order valence-electron chi connectivity index (χ3n) is 3.04. The summed E-state index contributed by atoms with van der Waals surface area (Å²) in [7, 11) is 0. The van der Waals surface area contributed by atoms with Gasteiger partial charge < -0.3 is 0 Å². The van der Waals surface area contributed by atoms with E-state index in [1.54, 1.807) is 48.5 Å². The molecule has 0 aromatic heterocycles. The Morgan fingerprint density at radius 3 is 2.19 bits per heavy atom. The van der Waals surface area contributed by atoms with Gasteiger partial charge in [-0.15, -0.1) is 11.6 Å². The van der Waals surface area contributed by atoms with Crippen LogP contribution in [0, 0.1) is 11.3 Å². The maximum absolute atomic E-state index is 12.1. The Hall–Kier alpha value is -2.44. The largest absolute Gasteiger partial charge is 0.294 e. The minimum absolute atomic E-state index is 0.0683. The van der Waals surface area contributed by atoms with E-state index in [9.17, 15) is 9.59 Å². The van der Waals surface area contributed by atoms with Gasteiger partial charge >= 0.3 is 0 Å². The van der Waals surface area contributed by atoms with Crippen LogP contribution in [0.15, 0.2) is 54.6 Å². The van der Waals surface area contributed by atoms with Gasteiger partial charge in [-0.05, 0) is 12.1 Å². The van der Waals surface area contributed by atoms with Crippen molar-refractivity contribution in [1.29, 1.82) is 5.26 Å². The Labute approximate surface area is 127 Å². The first kappa shape index (κ1) is 15.0. The molecule has 3 nitrogen and oxygen atoms in total. The van der Waals surface area contributed by atoms with Gasteiger partial charge in [-0.25, -0.2) is 0 Å². The van der Waals surface area contributed by atoms with Crippen molar-refractivity contribution >= 4 is 23.2 Å². The zero-order chi connectivity index (χ0) is 15.2. The van der Waals surface area contributed by atoms with E-state index in [4.69, 9.17) is 16.9 Å². The standard InChI is InChI=1S/C17H12ClNO2/c18-15(17(21)14-4-2-1-3-5-14)10-16(20)13-8-6-12(11-19)7-9-13/h1-9,15H,10H2. The first-order valence-corrected chi connectivity index (χ1v) is 6.82. The number of carbonyl (C=O) groups is 2. The van der Waals surface area contributed by atoms with Crippen LogP contribution in [0.2, 0.25) is 0 Å². The summed E-state index contributed by atoms with van der Waals surface area (Å²) in [4.78, 5) is 24.2. The van der Waals surface area contributed by atoms with Crippen molar-refractivity contribution in [2.75, 3.05) is 0 Å². The Kier molecular flexibility index (Phi) is 4.86. The Morgan fingerprint density at radius 2 is 1.62 bits per heavy atom. The highest BCUT2D eigenvalue weighted by Gasteiger charge is 2.21. The second-order valence-corrected chi connectivity index (χ2v) is 5.04. The fraction of sp³-hybridized carbons (Fsp3) is 0.118. The summed E-state index contributed by atoms with van der Waals surface area (Å²) in [5.41, 5.74) is 1.42. The van der Waals surface area contributed by atoms with E-state index < -0.39 is 5.38 Å². The van der Waals surface area contributed by atoms with Gasteiger partial charge in [0.25, 0.3) is 0 Å². The average Bonchev–Trinajstić information content (AvgIpc) is 2.55. The normalized spacial score (nSPS) is 11.4. The smallest absolute Gasteiger partial charge is 0.181 e. The molecule has 104 valence electrons. The second kappa shape index (κ2) is 6.83. The molecular weight excluding hydrogens is 286 g/mol. The lowest BCUT2D eigenvalue weighted by Gasteiger charge is -2.08. The van der Waals surface area contributed by atoms with Crippen LogP contribution in [-0.2, 0) is 0 Å². The van der Waals surface area contributed by atoms with E-state index in [2.05, 4.69) is 0 Å². The van der Waals surface area contributed by atoms with Gasteiger partial charge in [0.15, 0.2) is 11.6 Å². The predicted octanol–water partition coefficient (Wildman–Crippen LogP) is 3.62. The number of nitriles is 1. The molecule has 1 unspecified atom stereocenters. The average molecular weight is 298 g/mol. The van der Waals surface area contributed by atoms with E-state index in [0.717, 1.165) is 0 Å². The maximum atomic E-state index is 12.1. The molecular formula is C17H12ClNO2. The fourth-order valence-corrected chi connectivity index (χ4v) is 2.15. The van der Waals surface area contributed by atoms with Crippen LogP contribution in [0.4, 0.5) is 0 Å². The van der Waals surface area contributed by atoms with Crippen LogP contribution >= 0.6 is 11.6 Å². The molecule has 0 heterocycles. The van der Waals surface area contributed by atoms with Crippen molar-refractivity contribution in [3.63, 3.8) is 0 Å². The van der Waals surface area contributed by atoms with Crippen molar-refractivity contribution in [2.45, 2.75) is 11.8 Å². The summed E-state index contributed by atoms with van der Waals surface area (Å²) >= 11 is 6.05. The van der Waals surface area contributed by atoms with E-state index in [1.807, 2.05) is 12.1 Å². The highest BCUT2D eigenvalue weighted by molar-refractivity contribution is 6.35. The summed E-state index contributed by atoms with van der Waals surface area (Å²) in [5, 5.41) is 7.82. The topological polar surface area (TPSA) is 57.9 Å². The third kappa shape index (κ3) is 3.77. The van der Waals surface area contributed by atoms with Crippen LogP contribution in [0.5, 0.6) is 0 Å². The van der Waals surface area contributed by atoms with Crippen molar-refractivity contribution in [2.24, 2.45) is 0 Å². The maximum Gasteiger partial charge on any atom is 0.181 e. The fourth-order valence-electron chi connectivity index (χ4n) is 1.89. The highest BCUT2D eigenvalue weighted by Crippen LogP contribution is 2.15. The summed E-state index contributed by atoms with van der Waals surface area (Å²) in [6.45, 7) is 0. The molecule has 2 aromatic rings. The number of rotatable bonds is 5. The van der Waals surface area contributed by atoms with Crippen LogP contribution in [0.1, 0.15) is 32.7 Å². The molecule has 0 fully saturated rings. The van der Waals surface area contributed by atoms with Crippen LogP contribution < -0.4 is 0 Å². The molecule has 0 saturated heterocycles. The first-order chi connectivity index (χ1) is 10.1. The molecule has 2 rings (SSSR count). The zero-order valence-corrected chi connectivity index (χ0v) is 11.9. The predicted molar refractivity (Wildman–Crippen MR) is 80.5 cm³/mol. The van der Waals surface area contributed by atoms with E-state index >= 15 is 0 Å². The van der Waals surface area contributed by atoms with Gasteiger partial charge in [0.1, 0.15) is 5.38 Å². The van der Waals surface area contributed by atoms with Gasteiger partial charge in [0.2, 0.25) is 0 Å². The molecule has 1 atom stereocenters. The molecule has 0 aliphatic heterocycles. The number of benzene rings is 2. The number of hydrogen-bond acceptors (Lipinski definition) is 3. The molecule has 2 aromatic carbocycles. The first-order valence-electron chi connectivity index (χ1n) is 6.38. The van der Waals surface area contributed by atoms with Gasteiger partial charge in [-0.3, -0.25) is 9.59 Å². The molecule has 4 heteroatoms. The summed E-state index contributed by atoms with van der Waals surface area (Å²) in [5.74, 6) is -0.483. The molecule has 0 N–H and O–H groups in total. The van der Waals surface area contributed by atoms with Gasteiger partial charge in [-0.2, -0.15) is 5.26 Å². The Morgan fingerprint density at radius 1 is 1.00 bits per heavy atom. The van der Waals surface area contributed by atoms with Gasteiger partial charge in [-0.1, -0.05) is 42.5 Å². The van der Waals surface area contributed by atoms with E-state index in [0.29, 0.717) is 16.7 Å². The van der Waals surface area contributed by atoms with Gasteiger partial charge in [0, 0.05) is 17.5 Å². The van der Waals surface area contributed by atoms with Crippen LogP contribution in [0.25, 0.3) is 0 Å². The van der Waals surface area contributed by atoms with E-state index in [-0.39, 0.29) is 18.0 Å². The number of ketones is 2. The number of halogens is 1.